The molecular weight excluding hydrogens is 483 g/mol. The Hall–Kier alpha value is -2.42. The zero-order chi connectivity index (χ0) is 24.0. The van der Waals surface area contributed by atoms with Crippen LogP contribution in [0.1, 0.15) is 32.7 Å². The smallest absolute Gasteiger partial charge is 0.234 e. The van der Waals surface area contributed by atoms with Crippen molar-refractivity contribution < 1.29 is 14.3 Å². The zero-order valence-electron chi connectivity index (χ0n) is 18.8. The monoisotopic (exact) mass is 508 g/mol. The lowest BCUT2D eigenvalue weighted by molar-refractivity contribution is -0.113. The summed E-state index contributed by atoms with van der Waals surface area (Å²) < 4.78 is 13.5. The summed E-state index contributed by atoms with van der Waals surface area (Å²) in [6.07, 6.45) is -0.371. The van der Waals surface area contributed by atoms with Crippen LogP contribution in [-0.4, -0.2) is 33.5 Å². The molecule has 0 aliphatic carbocycles. The van der Waals surface area contributed by atoms with Gasteiger partial charge in [-0.05, 0) is 43.2 Å². The van der Waals surface area contributed by atoms with Crippen molar-refractivity contribution in [1.82, 2.24) is 14.8 Å². The first-order valence-corrected chi connectivity index (χ1v) is 12.1. The number of benzene rings is 2. The van der Waals surface area contributed by atoms with Crippen LogP contribution in [0.15, 0.2) is 47.6 Å². The molecule has 1 aromatic heterocycles. The third-order valence-electron chi connectivity index (χ3n) is 4.51. The number of ether oxygens (including phenoxy) is 2. The van der Waals surface area contributed by atoms with Crippen LogP contribution >= 0.6 is 35.0 Å². The van der Waals surface area contributed by atoms with Crippen molar-refractivity contribution in [3.05, 3.63) is 58.3 Å². The van der Waals surface area contributed by atoms with E-state index in [-0.39, 0.29) is 17.8 Å². The molecule has 0 spiro atoms. The topological polar surface area (TPSA) is 78.3 Å². The second-order valence-corrected chi connectivity index (χ2v) is 9.57. The third kappa shape index (κ3) is 7.03. The number of aromatic nitrogens is 3. The molecule has 2 aromatic carbocycles. The van der Waals surface area contributed by atoms with Crippen LogP contribution in [0.3, 0.4) is 0 Å². The average Bonchev–Trinajstić information content (AvgIpc) is 3.13. The van der Waals surface area contributed by atoms with Crippen molar-refractivity contribution in [1.29, 1.82) is 0 Å². The number of nitrogens with one attached hydrogen (secondary N) is 1. The van der Waals surface area contributed by atoms with Gasteiger partial charge in [0.1, 0.15) is 0 Å². The van der Waals surface area contributed by atoms with Gasteiger partial charge in [-0.25, -0.2) is 0 Å². The standard InChI is InChI=1S/C23H26Cl2N4O3S/c1-14(2)12-29-22(15(3)32-20-8-6-5-7-19(20)31-4)27-28-23(29)33-13-21(30)26-18-10-16(24)9-17(25)11-18/h5-11,14-15H,12-13H2,1-4H3,(H,26,30). The van der Waals surface area contributed by atoms with Gasteiger partial charge >= 0.3 is 0 Å². The third-order valence-corrected chi connectivity index (χ3v) is 5.91. The Bertz CT molecular complexity index is 1090. The summed E-state index contributed by atoms with van der Waals surface area (Å²) in [6.45, 7) is 6.83. The largest absolute Gasteiger partial charge is 0.493 e. The highest BCUT2D eigenvalue weighted by Crippen LogP contribution is 2.31. The molecule has 3 aromatic rings. The van der Waals surface area contributed by atoms with Gasteiger partial charge in [-0.2, -0.15) is 0 Å². The lowest BCUT2D eigenvalue weighted by atomic mass is 10.2. The number of hydrogen-bond acceptors (Lipinski definition) is 6. The van der Waals surface area contributed by atoms with Crippen molar-refractivity contribution in [2.45, 2.75) is 38.6 Å². The summed E-state index contributed by atoms with van der Waals surface area (Å²) in [7, 11) is 1.60. The van der Waals surface area contributed by atoms with Gasteiger partial charge < -0.3 is 19.4 Å². The van der Waals surface area contributed by atoms with E-state index in [2.05, 4.69) is 29.4 Å². The maximum absolute atomic E-state index is 12.5. The molecule has 1 N–H and O–H groups in total. The lowest BCUT2D eigenvalue weighted by Gasteiger charge is -2.19. The fourth-order valence-corrected chi connectivity index (χ4v) is 4.44. The second kappa shape index (κ2) is 11.6. The molecular formula is C23H26Cl2N4O3S. The number of methoxy groups -OCH3 is 1. The molecule has 0 bridgehead atoms. The summed E-state index contributed by atoms with van der Waals surface area (Å²) in [5, 5.41) is 13.0. The fraction of sp³-hybridized carbons (Fsp3) is 0.348. The first kappa shape index (κ1) is 25.2. The number of thioether (sulfide) groups is 1. The minimum atomic E-state index is -0.371. The first-order valence-electron chi connectivity index (χ1n) is 10.4. The molecule has 3 rings (SSSR count). The SMILES string of the molecule is COc1ccccc1OC(C)c1nnc(SCC(=O)Nc2cc(Cl)cc(Cl)c2)n1CC(C)C. The first-order chi connectivity index (χ1) is 15.8. The predicted molar refractivity (Wildman–Crippen MR) is 133 cm³/mol. The van der Waals surface area contributed by atoms with Crippen molar-refractivity contribution >= 4 is 46.6 Å². The second-order valence-electron chi connectivity index (χ2n) is 7.75. The van der Waals surface area contributed by atoms with E-state index >= 15 is 0 Å². The molecule has 0 fully saturated rings. The number of para-hydroxylation sites is 2. The number of rotatable bonds is 10. The Morgan fingerprint density at radius 3 is 2.39 bits per heavy atom. The Kier molecular flexibility index (Phi) is 8.88. The van der Waals surface area contributed by atoms with Crippen LogP contribution in [0.2, 0.25) is 10.0 Å². The van der Waals surface area contributed by atoms with Crippen LogP contribution in [0.4, 0.5) is 5.69 Å². The molecule has 0 aliphatic rings. The Balaban J connectivity index is 1.72. The molecule has 33 heavy (non-hydrogen) atoms. The number of amides is 1. The van der Waals surface area contributed by atoms with Gasteiger partial charge in [0.15, 0.2) is 28.6 Å². The fourth-order valence-electron chi connectivity index (χ4n) is 3.16. The molecule has 0 saturated heterocycles. The maximum atomic E-state index is 12.5. The summed E-state index contributed by atoms with van der Waals surface area (Å²) in [5.41, 5.74) is 0.543. The molecule has 0 saturated carbocycles. The van der Waals surface area contributed by atoms with Crippen LogP contribution in [0.5, 0.6) is 11.5 Å². The van der Waals surface area contributed by atoms with Gasteiger partial charge in [-0.1, -0.05) is 60.9 Å². The molecule has 1 atom stereocenters. The van der Waals surface area contributed by atoms with Gasteiger partial charge in [0, 0.05) is 22.3 Å². The van der Waals surface area contributed by atoms with Crippen molar-refractivity contribution in [3.63, 3.8) is 0 Å². The van der Waals surface area contributed by atoms with E-state index in [4.69, 9.17) is 32.7 Å². The van der Waals surface area contributed by atoms with E-state index in [0.29, 0.717) is 50.7 Å². The Morgan fingerprint density at radius 1 is 1.09 bits per heavy atom. The normalized spacial score (nSPS) is 12.0. The number of hydrogen-bond donors (Lipinski definition) is 1. The minimum Gasteiger partial charge on any atom is -0.493 e. The van der Waals surface area contributed by atoms with Crippen LogP contribution in [0.25, 0.3) is 0 Å². The Morgan fingerprint density at radius 2 is 1.76 bits per heavy atom. The quantitative estimate of drug-likeness (QED) is 0.332. The highest BCUT2D eigenvalue weighted by molar-refractivity contribution is 7.99. The molecule has 1 amide bonds. The molecule has 1 unspecified atom stereocenters. The number of nitrogens with zero attached hydrogens (tertiary/aromatic N) is 3. The van der Waals surface area contributed by atoms with Gasteiger partial charge in [0.25, 0.3) is 0 Å². The van der Waals surface area contributed by atoms with E-state index in [1.165, 1.54) is 11.8 Å². The predicted octanol–water partition coefficient (Wildman–Crippen LogP) is 6.12. The van der Waals surface area contributed by atoms with Crippen molar-refractivity contribution in [3.8, 4) is 11.5 Å². The van der Waals surface area contributed by atoms with Gasteiger partial charge in [-0.15, -0.1) is 10.2 Å². The zero-order valence-corrected chi connectivity index (χ0v) is 21.2. The lowest BCUT2D eigenvalue weighted by Crippen LogP contribution is -2.17. The highest BCUT2D eigenvalue weighted by Gasteiger charge is 2.22. The molecule has 10 heteroatoms. The van der Waals surface area contributed by atoms with Crippen LogP contribution < -0.4 is 14.8 Å². The average molecular weight is 509 g/mol. The molecule has 176 valence electrons. The maximum Gasteiger partial charge on any atom is 0.234 e. The summed E-state index contributed by atoms with van der Waals surface area (Å²) >= 11 is 13.3. The van der Waals surface area contributed by atoms with Gasteiger partial charge in [-0.3, -0.25) is 4.79 Å². The number of carbonyl (C=O) groups is 1. The summed E-state index contributed by atoms with van der Waals surface area (Å²) in [4.78, 5) is 12.5. The van der Waals surface area contributed by atoms with Crippen LogP contribution in [-0.2, 0) is 11.3 Å². The van der Waals surface area contributed by atoms with E-state index in [1.54, 1.807) is 25.3 Å². The van der Waals surface area contributed by atoms with E-state index in [0.717, 1.165) is 0 Å². The van der Waals surface area contributed by atoms with Gasteiger partial charge in [0.2, 0.25) is 5.91 Å². The van der Waals surface area contributed by atoms with E-state index in [1.807, 2.05) is 35.8 Å². The molecule has 0 aliphatic heterocycles. The van der Waals surface area contributed by atoms with Gasteiger partial charge in [0.05, 0.1) is 12.9 Å². The summed E-state index contributed by atoms with van der Waals surface area (Å²) in [5.74, 6) is 2.26. The van der Waals surface area contributed by atoms with Crippen molar-refractivity contribution in [2.75, 3.05) is 18.2 Å². The number of halogens is 2. The number of anilines is 1. The van der Waals surface area contributed by atoms with Crippen LogP contribution in [0, 0.1) is 5.92 Å². The summed E-state index contributed by atoms with van der Waals surface area (Å²) in [6, 6.07) is 12.4. The Labute approximate surface area is 207 Å². The molecule has 0 radical (unpaired) electrons. The molecule has 7 nitrogen and oxygen atoms in total. The van der Waals surface area contributed by atoms with E-state index in [9.17, 15) is 4.79 Å². The highest BCUT2D eigenvalue weighted by atomic mass is 35.5. The minimum absolute atomic E-state index is 0.155. The molecule has 1 heterocycles. The number of carbonyl (C=O) groups excluding carboxylic acids is 1. The van der Waals surface area contributed by atoms with Crippen molar-refractivity contribution in [2.24, 2.45) is 5.92 Å². The van der Waals surface area contributed by atoms with E-state index < -0.39 is 0 Å².